The van der Waals surface area contributed by atoms with Crippen molar-refractivity contribution in [3.8, 4) is 0 Å². The first-order chi connectivity index (χ1) is 12.0. The predicted molar refractivity (Wildman–Crippen MR) is 97.9 cm³/mol. The highest BCUT2D eigenvalue weighted by molar-refractivity contribution is 5.94. The average Bonchev–Trinajstić information content (AvgIpc) is 2.93. The fourth-order valence-corrected chi connectivity index (χ4v) is 2.99. The molecule has 0 bridgehead atoms. The fraction of sp³-hybridized carbons (Fsp3) is 0.400. The van der Waals surface area contributed by atoms with Crippen LogP contribution in [0.4, 0.5) is 0 Å². The number of nitrogens with zero attached hydrogens (tertiary/aromatic N) is 3. The number of hydrogen-bond acceptors (Lipinski definition) is 4. The number of amides is 1. The van der Waals surface area contributed by atoms with Crippen LogP contribution in [0.15, 0.2) is 40.8 Å². The third kappa shape index (κ3) is 4.37. The standard InChI is InChI=1S/C20H25N3O2/c1-15(18-7-5-4-6-8-18)13-20(24)23-11-9-22(10-12-23)14-19-21-16(2)17(3)25-19/h4-8,13H,9-12,14H2,1-3H3/b15-13+. The highest BCUT2D eigenvalue weighted by Gasteiger charge is 2.21. The summed E-state index contributed by atoms with van der Waals surface area (Å²) in [7, 11) is 0. The number of rotatable bonds is 4. The van der Waals surface area contributed by atoms with Crippen LogP contribution in [0.3, 0.4) is 0 Å². The quantitative estimate of drug-likeness (QED) is 0.804. The molecule has 5 heteroatoms. The molecule has 1 fully saturated rings. The molecule has 0 atom stereocenters. The second-order valence-corrected chi connectivity index (χ2v) is 6.54. The number of benzene rings is 1. The van der Waals surface area contributed by atoms with Crippen LogP contribution in [-0.2, 0) is 11.3 Å². The van der Waals surface area contributed by atoms with Gasteiger partial charge in [-0.1, -0.05) is 30.3 Å². The van der Waals surface area contributed by atoms with Gasteiger partial charge in [-0.2, -0.15) is 0 Å². The molecule has 3 rings (SSSR count). The van der Waals surface area contributed by atoms with Gasteiger partial charge in [0, 0.05) is 32.3 Å². The minimum Gasteiger partial charge on any atom is -0.444 e. The van der Waals surface area contributed by atoms with Crippen molar-refractivity contribution in [2.45, 2.75) is 27.3 Å². The van der Waals surface area contributed by atoms with Gasteiger partial charge in [0.05, 0.1) is 12.2 Å². The lowest BCUT2D eigenvalue weighted by molar-refractivity contribution is -0.127. The number of piperazine rings is 1. The first kappa shape index (κ1) is 17.4. The first-order valence-corrected chi connectivity index (χ1v) is 8.71. The molecule has 25 heavy (non-hydrogen) atoms. The van der Waals surface area contributed by atoms with Crippen molar-refractivity contribution in [1.29, 1.82) is 0 Å². The molecule has 1 aromatic carbocycles. The van der Waals surface area contributed by atoms with Gasteiger partial charge < -0.3 is 9.32 Å². The first-order valence-electron chi connectivity index (χ1n) is 8.71. The van der Waals surface area contributed by atoms with E-state index in [1.807, 2.05) is 56.0 Å². The Bertz CT molecular complexity index is 737. The molecule has 132 valence electrons. The third-order valence-electron chi connectivity index (χ3n) is 4.68. The summed E-state index contributed by atoms with van der Waals surface area (Å²) in [6.45, 7) is 9.72. The summed E-state index contributed by atoms with van der Waals surface area (Å²) in [5.74, 6) is 1.73. The van der Waals surface area contributed by atoms with Crippen LogP contribution < -0.4 is 0 Å². The number of oxazole rings is 1. The Morgan fingerprint density at radius 1 is 1.16 bits per heavy atom. The maximum Gasteiger partial charge on any atom is 0.246 e. The number of carbonyl (C=O) groups excluding carboxylic acids is 1. The molecule has 0 unspecified atom stereocenters. The molecular formula is C20H25N3O2. The minimum absolute atomic E-state index is 0.0869. The van der Waals surface area contributed by atoms with Crippen molar-refractivity contribution < 1.29 is 9.21 Å². The topological polar surface area (TPSA) is 49.6 Å². The largest absolute Gasteiger partial charge is 0.444 e. The molecule has 0 N–H and O–H groups in total. The Morgan fingerprint density at radius 3 is 2.44 bits per heavy atom. The van der Waals surface area contributed by atoms with E-state index >= 15 is 0 Å². The minimum atomic E-state index is 0.0869. The van der Waals surface area contributed by atoms with Crippen molar-refractivity contribution in [3.63, 3.8) is 0 Å². The molecule has 2 aromatic rings. The van der Waals surface area contributed by atoms with Crippen molar-refractivity contribution in [2.24, 2.45) is 0 Å². The highest BCUT2D eigenvalue weighted by atomic mass is 16.4. The van der Waals surface area contributed by atoms with Crippen molar-refractivity contribution in [3.05, 3.63) is 59.3 Å². The van der Waals surface area contributed by atoms with Gasteiger partial charge >= 0.3 is 0 Å². The van der Waals surface area contributed by atoms with E-state index in [0.717, 1.165) is 54.7 Å². The Labute approximate surface area is 149 Å². The summed E-state index contributed by atoms with van der Waals surface area (Å²) >= 11 is 0. The van der Waals surface area contributed by atoms with E-state index in [9.17, 15) is 4.79 Å². The lowest BCUT2D eigenvalue weighted by Gasteiger charge is -2.33. The summed E-state index contributed by atoms with van der Waals surface area (Å²) in [5.41, 5.74) is 3.04. The van der Waals surface area contributed by atoms with Crippen molar-refractivity contribution in [1.82, 2.24) is 14.8 Å². The summed E-state index contributed by atoms with van der Waals surface area (Å²) in [6.07, 6.45) is 1.74. The number of carbonyl (C=O) groups is 1. The maximum atomic E-state index is 12.5. The predicted octanol–water partition coefficient (Wildman–Crippen LogP) is 3.04. The Kier molecular flexibility index (Phi) is 5.34. The number of hydrogen-bond donors (Lipinski definition) is 0. The molecule has 0 saturated carbocycles. The second-order valence-electron chi connectivity index (χ2n) is 6.54. The zero-order chi connectivity index (χ0) is 17.8. The average molecular weight is 339 g/mol. The van der Waals surface area contributed by atoms with E-state index in [-0.39, 0.29) is 5.91 Å². The van der Waals surface area contributed by atoms with E-state index < -0.39 is 0 Å². The van der Waals surface area contributed by atoms with Crippen LogP contribution in [0.25, 0.3) is 5.57 Å². The third-order valence-corrected chi connectivity index (χ3v) is 4.68. The van der Waals surface area contributed by atoms with Gasteiger partial charge in [-0.3, -0.25) is 9.69 Å². The number of allylic oxidation sites excluding steroid dienone is 1. The van der Waals surface area contributed by atoms with Crippen LogP contribution in [0.5, 0.6) is 0 Å². The van der Waals surface area contributed by atoms with Gasteiger partial charge in [0.1, 0.15) is 5.76 Å². The molecule has 0 spiro atoms. The van der Waals surface area contributed by atoms with E-state index in [0.29, 0.717) is 6.54 Å². The molecule has 1 aliphatic heterocycles. The smallest absolute Gasteiger partial charge is 0.246 e. The molecule has 2 heterocycles. The molecule has 1 aliphatic rings. The Morgan fingerprint density at radius 2 is 1.84 bits per heavy atom. The van der Waals surface area contributed by atoms with Gasteiger partial charge in [0.25, 0.3) is 0 Å². The van der Waals surface area contributed by atoms with Gasteiger partial charge in [-0.25, -0.2) is 4.98 Å². The molecule has 1 aromatic heterocycles. The molecular weight excluding hydrogens is 314 g/mol. The van der Waals surface area contributed by atoms with E-state index in [1.165, 1.54) is 0 Å². The van der Waals surface area contributed by atoms with Crippen LogP contribution in [0.2, 0.25) is 0 Å². The molecule has 1 saturated heterocycles. The molecule has 0 radical (unpaired) electrons. The second kappa shape index (κ2) is 7.66. The lowest BCUT2D eigenvalue weighted by Crippen LogP contribution is -2.47. The van der Waals surface area contributed by atoms with Crippen LogP contribution in [-0.4, -0.2) is 46.9 Å². The number of aryl methyl sites for hydroxylation is 2. The van der Waals surface area contributed by atoms with Crippen molar-refractivity contribution in [2.75, 3.05) is 26.2 Å². The van der Waals surface area contributed by atoms with E-state index in [4.69, 9.17) is 4.42 Å². The van der Waals surface area contributed by atoms with Gasteiger partial charge in [0.15, 0.2) is 0 Å². The normalized spacial score (nSPS) is 16.3. The summed E-state index contributed by atoms with van der Waals surface area (Å²) in [4.78, 5) is 21.1. The maximum absolute atomic E-state index is 12.5. The SMILES string of the molecule is C/C(=C\C(=O)N1CCN(Cc2nc(C)c(C)o2)CC1)c1ccccc1. The van der Waals surface area contributed by atoms with Crippen LogP contribution >= 0.6 is 0 Å². The monoisotopic (exact) mass is 339 g/mol. The summed E-state index contributed by atoms with van der Waals surface area (Å²) < 4.78 is 5.65. The fourth-order valence-electron chi connectivity index (χ4n) is 2.99. The van der Waals surface area contributed by atoms with E-state index in [2.05, 4.69) is 9.88 Å². The lowest BCUT2D eigenvalue weighted by atomic mass is 10.1. The Balaban J connectivity index is 1.54. The van der Waals surface area contributed by atoms with Gasteiger partial charge in [-0.05, 0) is 31.9 Å². The van der Waals surface area contributed by atoms with Crippen LogP contribution in [0.1, 0.15) is 29.8 Å². The van der Waals surface area contributed by atoms with E-state index in [1.54, 1.807) is 6.08 Å². The summed E-state index contributed by atoms with van der Waals surface area (Å²) in [6, 6.07) is 10.0. The Hall–Kier alpha value is -2.40. The highest BCUT2D eigenvalue weighted by Crippen LogP contribution is 2.15. The molecule has 1 amide bonds. The van der Waals surface area contributed by atoms with Crippen LogP contribution in [0, 0.1) is 13.8 Å². The van der Waals surface area contributed by atoms with Crippen molar-refractivity contribution >= 4 is 11.5 Å². The molecule has 5 nitrogen and oxygen atoms in total. The molecule has 0 aliphatic carbocycles. The number of aromatic nitrogens is 1. The zero-order valence-electron chi connectivity index (χ0n) is 15.2. The van der Waals surface area contributed by atoms with Gasteiger partial charge in [-0.15, -0.1) is 0 Å². The van der Waals surface area contributed by atoms with Gasteiger partial charge in [0.2, 0.25) is 11.8 Å². The summed E-state index contributed by atoms with van der Waals surface area (Å²) in [5, 5.41) is 0. The zero-order valence-corrected chi connectivity index (χ0v) is 15.2.